The summed E-state index contributed by atoms with van der Waals surface area (Å²) in [6, 6.07) is 8.42. The lowest BCUT2D eigenvalue weighted by Crippen LogP contribution is -2.30. The molecule has 20 heavy (non-hydrogen) atoms. The van der Waals surface area contributed by atoms with Gasteiger partial charge in [0.2, 0.25) is 5.91 Å². The minimum atomic E-state index is -0.341. The van der Waals surface area contributed by atoms with Crippen molar-refractivity contribution in [2.45, 2.75) is 45.6 Å². The topological polar surface area (TPSA) is 64.3 Å². The minimum absolute atomic E-state index is 0.246. The lowest BCUT2D eigenvalue weighted by Gasteiger charge is -2.28. The first-order valence-electron chi connectivity index (χ1n) is 7.25. The molecule has 0 saturated heterocycles. The smallest absolute Gasteiger partial charge is 0.220 e. The predicted molar refractivity (Wildman–Crippen MR) is 80.8 cm³/mol. The summed E-state index contributed by atoms with van der Waals surface area (Å²) in [5.41, 5.74) is 6.54. The fourth-order valence-electron chi connectivity index (χ4n) is 2.71. The van der Waals surface area contributed by atoms with E-state index in [1.54, 1.807) is 0 Å². The van der Waals surface area contributed by atoms with Gasteiger partial charge in [-0.05, 0) is 42.5 Å². The van der Waals surface area contributed by atoms with Crippen LogP contribution in [0.5, 0.6) is 5.75 Å². The Morgan fingerprint density at radius 3 is 2.65 bits per heavy atom. The molecule has 1 aromatic carbocycles. The molecule has 1 aromatic rings. The minimum Gasteiger partial charge on any atom is -0.493 e. The summed E-state index contributed by atoms with van der Waals surface area (Å²) in [6.07, 6.45) is 4.04. The van der Waals surface area contributed by atoms with Gasteiger partial charge in [0.15, 0.2) is 0 Å². The summed E-state index contributed by atoms with van der Waals surface area (Å²) >= 11 is 0. The molecule has 0 aromatic heterocycles. The van der Waals surface area contributed by atoms with Crippen LogP contribution in [0.3, 0.4) is 0 Å². The normalized spacial score (nSPS) is 20.6. The zero-order valence-corrected chi connectivity index (χ0v) is 12.3. The first-order valence-corrected chi connectivity index (χ1v) is 7.25. The van der Waals surface area contributed by atoms with Gasteiger partial charge in [0.25, 0.3) is 0 Å². The molecule has 1 amide bonds. The standard InChI is InChI=1S/C16H24N2O2/c1-16(2)10-3-4-14(16)18-12-5-7-13(8-6-12)20-11-9-15(17)19/h5-8,14,18H,3-4,9-11H2,1-2H3,(H2,17,19). The molecule has 0 aliphatic heterocycles. The number of carbonyl (C=O) groups is 1. The van der Waals surface area contributed by atoms with Gasteiger partial charge < -0.3 is 15.8 Å². The second kappa shape index (κ2) is 6.16. The van der Waals surface area contributed by atoms with Crippen LogP contribution in [0.4, 0.5) is 5.69 Å². The molecule has 4 heteroatoms. The van der Waals surface area contributed by atoms with Crippen LogP contribution in [0, 0.1) is 5.41 Å². The molecule has 3 N–H and O–H groups in total. The van der Waals surface area contributed by atoms with E-state index < -0.39 is 0 Å². The van der Waals surface area contributed by atoms with E-state index in [-0.39, 0.29) is 12.3 Å². The molecule has 0 spiro atoms. The summed E-state index contributed by atoms with van der Waals surface area (Å²) in [6.45, 7) is 4.97. The maximum absolute atomic E-state index is 10.6. The quantitative estimate of drug-likeness (QED) is 0.839. The number of nitrogens with two attached hydrogens (primary N) is 1. The number of ether oxygens (including phenoxy) is 1. The Bertz CT molecular complexity index is 454. The second-order valence-corrected chi connectivity index (χ2v) is 6.17. The van der Waals surface area contributed by atoms with Gasteiger partial charge in [0.05, 0.1) is 13.0 Å². The molecule has 110 valence electrons. The third-order valence-corrected chi connectivity index (χ3v) is 4.07. The van der Waals surface area contributed by atoms with Crippen molar-refractivity contribution in [3.05, 3.63) is 24.3 Å². The molecule has 4 nitrogen and oxygen atoms in total. The van der Waals surface area contributed by atoms with Gasteiger partial charge >= 0.3 is 0 Å². The molecule has 2 rings (SSSR count). The maximum atomic E-state index is 10.6. The lowest BCUT2D eigenvalue weighted by molar-refractivity contribution is -0.118. The van der Waals surface area contributed by atoms with Crippen LogP contribution in [-0.2, 0) is 4.79 Å². The lowest BCUT2D eigenvalue weighted by atomic mass is 9.87. The third-order valence-electron chi connectivity index (χ3n) is 4.07. The van der Waals surface area contributed by atoms with E-state index in [4.69, 9.17) is 10.5 Å². The van der Waals surface area contributed by atoms with Crippen molar-refractivity contribution >= 4 is 11.6 Å². The third kappa shape index (κ3) is 3.89. The average Bonchev–Trinajstić information content (AvgIpc) is 2.70. The van der Waals surface area contributed by atoms with Gasteiger partial charge in [-0.15, -0.1) is 0 Å². The first kappa shape index (κ1) is 14.7. The van der Waals surface area contributed by atoms with Crippen LogP contribution in [0.2, 0.25) is 0 Å². The second-order valence-electron chi connectivity index (χ2n) is 6.17. The highest BCUT2D eigenvalue weighted by molar-refractivity contribution is 5.73. The molecular weight excluding hydrogens is 252 g/mol. The molecule has 1 unspecified atom stereocenters. The van der Waals surface area contributed by atoms with Crippen molar-refractivity contribution in [1.29, 1.82) is 0 Å². The molecule has 1 aliphatic rings. The average molecular weight is 276 g/mol. The van der Waals surface area contributed by atoms with Crippen molar-refractivity contribution in [2.24, 2.45) is 11.1 Å². The molecular formula is C16H24N2O2. The molecule has 1 fully saturated rings. The fraction of sp³-hybridized carbons (Fsp3) is 0.562. The van der Waals surface area contributed by atoms with Gasteiger partial charge in [-0.1, -0.05) is 20.3 Å². The van der Waals surface area contributed by atoms with E-state index in [1.807, 2.05) is 24.3 Å². The van der Waals surface area contributed by atoms with Crippen LogP contribution in [0.15, 0.2) is 24.3 Å². The fourth-order valence-corrected chi connectivity index (χ4v) is 2.71. The van der Waals surface area contributed by atoms with Crippen LogP contribution in [0.25, 0.3) is 0 Å². The molecule has 0 radical (unpaired) electrons. The number of carbonyl (C=O) groups excluding carboxylic acids is 1. The summed E-state index contributed by atoms with van der Waals surface area (Å²) in [5.74, 6) is 0.425. The summed E-state index contributed by atoms with van der Waals surface area (Å²) < 4.78 is 5.45. The van der Waals surface area contributed by atoms with Crippen LogP contribution in [-0.4, -0.2) is 18.6 Å². The van der Waals surface area contributed by atoms with Crippen molar-refractivity contribution < 1.29 is 9.53 Å². The zero-order chi connectivity index (χ0) is 14.6. The van der Waals surface area contributed by atoms with Gasteiger partial charge in [0, 0.05) is 11.7 Å². The number of hydrogen-bond donors (Lipinski definition) is 2. The number of anilines is 1. The Morgan fingerprint density at radius 1 is 1.40 bits per heavy atom. The Kier molecular flexibility index (Phi) is 4.53. The van der Waals surface area contributed by atoms with E-state index >= 15 is 0 Å². The number of rotatable bonds is 6. The van der Waals surface area contributed by atoms with Gasteiger partial charge in [-0.2, -0.15) is 0 Å². The Labute approximate surface area is 120 Å². The highest BCUT2D eigenvalue weighted by Crippen LogP contribution is 2.39. The molecule has 0 bridgehead atoms. The molecule has 1 saturated carbocycles. The van der Waals surface area contributed by atoms with Gasteiger partial charge in [-0.3, -0.25) is 4.79 Å². The Hall–Kier alpha value is -1.71. The Balaban J connectivity index is 1.87. The van der Waals surface area contributed by atoms with E-state index in [1.165, 1.54) is 19.3 Å². The highest BCUT2D eigenvalue weighted by Gasteiger charge is 2.34. The summed E-state index contributed by atoms with van der Waals surface area (Å²) in [4.78, 5) is 10.6. The van der Waals surface area contributed by atoms with Crippen molar-refractivity contribution in [3.63, 3.8) is 0 Å². The van der Waals surface area contributed by atoms with Crippen LogP contribution >= 0.6 is 0 Å². The largest absolute Gasteiger partial charge is 0.493 e. The van der Waals surface area contributed by atoms with Crippen molar-refractivity contribution in [1.82, 2.24) is 0 Å². The van der Waals surface area contributed by atoms with Crippen LogP contribution in [0.1, 0.15) is 39.5 Å². The van der Waals surface area contributed by atoms with Crippen molar-refractivity contribution in [2.75, 3.05) is 11.9 Å². The van der Waals surface area contributed by atoms with E-state index in [9.17, 15) is 4.79 Å². The number of primary amides is 1. The number of benzene rings is 1. The SMILES string of the molecule is CC1(C)CCCC1Nc1ccc(OCCC(N)=O)cc1. The van der Waals surface area contributed by atoms with E-state index in [2.05, 4.69) is 19.2 Å². The predicted octanol–water partition coefficient (Wildman–Crippen LogP) is 2.93. The van der Waals surface area contributed by atoms with E-state index in [0.29, 0.717) is 18.1 Å². The van der Waals surface area contributed by atoms with Gasteiger partial charge in [-0.25, -0.2) is 0 Å². The maximum Gasteiger partial charge on any atom is 0.220 e. The van der Waals surface area contributed by atoms with Gasteiger partial charge in [0.1, 0.15) is 5.75 Å². The number of amides is 1. The summed E-state index contributed by atoms with van der Waals surface area (Å²) in [7, 11) is 0. The summed E-state index contributed by atoms with van der Waals surface area (Å²) in [5, 5.41) is 3.60. The monoisotopic (exact) mass is 276 g/mol. The number of hydrogen-bond acceptors (Lipinski definition) is 3. The highest BCUT2D eigenvalue weighted by atomic mass is 16.5. The molecule has 0 heterocycles. The van der Waals surface area contributed by atoms with Crippen LogP contribution < -0.4 is 15.8 Å². The zero-order valence-electron chi connectivity index (χ0n) is 12.3. The van der Waals surface area contributed by atoms with E-state index in [0.717, 1.165) is 11.4 Å². The molecule has 1 atom stereocenters. The first-order chi connectivity index (χ1) is 9.47. The van der Waals surface area contributed by atoms with Crippen molar-refractivity contribution in [3.8, 4) is 5.75 Å². The Morgan fingerprint density at radius 2 is 2.10 bits per heavy atom. The molecule has 1 aliphatic carbocycles. The number of nitrogens with one attached hydrogen (secondary N) is 1.